The Bertz CT molecular complexity index is 1490. The zero-order valence-corrected chi connectivity index (χ0v) is 19.1. The molecule has 0 radical (unpaired) electrons. The van der Waals surface area contributed by atoms with E-state index in [4.69, 9.17) is 0 Å². The van der Waals surface area contributed by atoms with Crippen LogP contribution in [0.1, 0.15) is 29.3 Å². The summed E-state index contributed by atoms with van der Waals surface area (Å²) >= 11 is 0. The first-order valence-electron chi connectivity index (χ1n) is 11.3. The van der Waals surface area contributed by atoms with Crippen LogP contribution < -0.4 is 15.5 Å². The lowest BCUT2D eigenvalue weighted by atomic mass is 10.1. The standard InChI is InChI=1S/C29H23N3O3/c1-2-7-19-8-4-6-11-24(19)29(35)30-21-13-15-22(16-14-21)32-25-17-12-20-9-3-5-10-23(20)28(25)31-26(33)18-27(32)34/h2-17H,18H2,1H3,(H,30,35)(H,31,33). The van der Waals surface area contributed by atoms with Gasteiger partial charge in [0.1, 0.15) is 6.42 Å². The lowest BCUT2D eigenvalue weighted by molar-refractivity contribution is -0.124. The molecule has 4 aromatic rings. The fraction of sp³-hybridized carbons (Fsp3) is 0.0690. The summed E-state index contributed by atoms with van der Waals surface area (Å²) in [4.78, 5) is 39.9. The first-order valence-corrected chi connectivity index (χ1v) is 11.3. The Morgan fingerprint density at radius 3 is 2.46 bits per heavy atom. The van der Waals surface area contributed by atoms with Gasteiger partial charge in [0.05, 0.1) is 11.4 Å². The lowest BCUT2D eigenvalue weighted by Gasteiger charge is -2.23. The van der Waals surface area contributed by atoms with Gasteiger partial charge in [-0.15, -0.1) is 0 Å². The van der Waals surface area contributed by atoms with Gasteiger partial charge in [0.25, 0.3) is 5.91 Å². The molecule has 4 aromatic carbocycles. The second-order valence-corrected chi connectivity index (χ2v) is 8.22. The van der Waals surface area contributed by atoms with Crippen molar-refractivity contribution in [2.45, 2.75) is 13.3 Å². The Balaban J connectivity index is 1.47. The predicted octanol–water partition coefficient (Wildman–Crippen LogP) is 6.13. The largest absolute Gasteiger partial charge is 0.323 e. The monoisotopic (exact) mass is 461 g/mol. The summed E-state index contributed by atoms with van der Waals surface area (Å²) < 4.78 is 0. The van der Waals surface area contributed by atoms with Crippen molar-refractivity contribution in [3.63, 3.8) is 0 Å². The summed E-state index contributed by atoms with van der Waals surface area (Å²) in [6.07, 6.45) is 3.52. The number of nitrogens with one attached hydrogen (secondary N) is 2. The van der Waals surface area contributed by atoms with E-state index in [1.54, 1.807) is 35.2 Å². The van der Waals surface area contributed by atoms with E-state index in [0.29, 0.717) is 28.3 Å². The van der Waals surface area contributed by atoms with Gasteiger partial charge in [-0.1, -0.05) is 60.7 Å². The SMILES string of the molecule is CC=Cc1ccccc1C(=O)Nc1ccc(N2C(=O)CC(=O)Nc3c2ccc2ccccc32)cc1. The van der Waals surface area contributed by atoms with E-state index in [1.165, 1.54) is 0 Å². The van der Waals surface area contributed by atoms with Crippen LogP contribution in [0.2, 0.25) is 0 Å². The molecule has 0 atom stereocenters. The predicted molar refractivity (Wildman–Crippen MR) is 140 cm³/mol. The number of nitrogens with zero attached hydrogens (tertiary/aromatic N) is 1. The second-order valence-electron chi connectivity index (χ2n) is 8.22. The molecule has 0 saturated heterocycles. The Hall–Kier alpha value is -4.71. The molecule has 0 aromatic heterocycles. The number of anilines is 4. The third kappa shape index (κ3) is 4.29. The summed E-state index contributed by atoms with van der Waals surface area (Å²) in [5.41, 5.74) is 3.83. The van der Waals surface area contributed by atoms with E-state index in [-0.39, 0.29) is 24.1 Å². The molecule has 0 aliphatic carbocycles. The molecule has 0 saturated carbocycles. The smallest absolute Gasteiger partial charge is 0.256 e. The summed E-state index contributed by atoms with van der Waals surface area (Å²) in [5, 5.41) is 7.65. The third-order valence-corrected chi connectivity index (χ3v) is 5.91. The molecule has 5 rings (SSSR count). The maximum Gasteiger partial charge on any atom is 0.256 e. The highest BCUT2D eigenvalue weighted by atomic mass is 16.2. The molecular weight excluding hydrogens is 438 g/mol. The molecular formula is C29H23N3O3. The maximum atomic E-state index is 13.1. The molecule has 6 nitrogen and oxygen atoms in total. The summed E-state index contributed by atoms with van der Waals surface area (Å²) in [5.74, 6) is -0.892. The van der Waals surface area contributed by atoms with Gasteiger partial charge in [-0.2, -0.15) is 0 Å². The minimum Gasteiger partial charge on any atom is -0.323 e. The summed E-state index contributed by atoms with van der Waals surface area (Å²) in [6.45, 7) is 1.90. The molecule has 0 unspecified atom stereocenters. The van der Waals surface area contributed by atoms with Crippen molar-refractivity contribution >= 4 is 57.3 Å². The molecule has 1 aliphatic rings. The fourth-order valence-corrected chi connectivity index (χ4v) is 4.32. The number of benzene rings is 4. The van der Waals surface area contributed by atoms with Crippen molar-refractivity contribution in [1.82, 2.24) is 0 Å². The normalized spacial score (nSPS) is 13.5. The maximum absolute atomic E-state index is 13.1. The first kappa shape index (κ1) is 22.1. The van der Waals surface area contributed by atoms with Crippen LogP contribution in [0.25, 0.3) is 16.8 Å². The van der Waals surface area contributed by atoms with Crippen LogP contribution in [-0.2, 0) is 9.59 Å². The average molecular weight is 462 g/mol. The van der Waals surface area contributed by atoms with E-state index in [9.17, 15) is 14.4 Å². The van der Waals surface area contributed by atoms with Gasteiger partial charge in [0.2, 0.25) is 11.8 Å². The van der Waals surface area contributed by atoms with E-state index >= 15 is 0 Å². The topological polar surface area (TPSA) is 78.5 Å². The minimum atomic E-state index is -0.348. The van der Waals surface area contributed by atoms with Gasteiger partial charge in [-0.05, 0) is 54.3 Å². The number of carbonyl (C=O) groups excluding carboxylic acids is 3. The molecule has 0 fully saturated rings. The molecule has 0 spiro atoms. The molecule has 6 heteroatoms. The second kappa shape index (κ2) is 9.27. The van der Waals surface area contributed by atoms with Crippen LogP contribution in [0.3, 0.4) is 0 Å². The number of fused-ring (bicyclic) bond motifs is 3. The van der Waals surface area contributed by atoms with Crippen LogP contribution in [0.5, 0.6) is 0 Å². The highest BCUT2D eigenvalue weighted by Gasteiger charge is 2.28. The zero-order chi connectivity index (χ0) is 24.4. The number of carbonyl (C=O) groups is 3. The first-order chi connectivity index (χ1) is 17.0. The highest BCUT2D eigenvalue weighted by molar-refractivity contribution is 6.21. The van der Waals surface area contributed by atoms with Crippen molar-refractivity contribution in [3.05, 3.63) is 102 Å². The average Bonchev–Trinajstić information content (AvgIpc) is 2.99. The van der Waals surface area contributed by atoms with E-state index in [0.717, 1.165) is 16.3 Å². The van der Waals surface area contributed by atoms with Crippen molar-refractivity contribution in [2.24, 2.45) is 0 Å². The summed E-state index contributed by atoms with van der Waals surface area (Å²) in [6, 6.07) is 25.9. The molecule has 172 valence electrons. The third-order valence-electron chi connectivity index (χ3n) is 5.91. The Morgan fingerprint density at radius 1 is 0.914 bits per heavy atom. The van der Waals surface area contributed by atoms with Crippen LogP contribution in [0, 0.1) is 0 Å². The van der Waals surface area contributed by atoms with Crippen LogP contribution in [0.4, 0.5) is 22.7 Å². The lowest BCUT2D eigenvalue weighted by Crippen LogP contribution is -2.26. The molecule has 3 amide bonds. The zero-order valence-electron chi connectivity index (χ0n) is 19.1. The van der Waals surface area contributed by atoms with Crippen LogP contribution in [0.15, 0.2) is 91.0 Å². The quantitative estimate of drug-likeness (QED) is 0.359. The van der Waals surface area contributed by atoms with Gasteiger partial charge >= 0.3 is 0 Å². The molecule has 1 aliphatic heterocycles. The van der Waals surface area contributed by atoms with Crippen LogP contribution in [-0.4, -0.2) is 17.7 Å². The number of hydrogen-bond donors (Lipinski definition) is 2. The van der Waals surface area contributed by atoms with E-state index < -0.39 is 0 Å². The summed E-state index contributed by atoms with van der Waals surface area (Å²) in [7, 11) is 0. The van der Waals surface area contributed by atoms with Gasteiger partial charge in [0, 0.05) is 22.3 Å². The van der Waals surface area contributed by atoms with Crippen molar-refractivity contribution in [2.75, 3.05) is 15.5 Å². The van der Waals surface area contributed by atoms with Gasteiger partial charge in [0.15, 0.2) is 0 Å². The molecule has 1 heterocycles. The Morgan fingerprint density at radius 2 is 1.66 bits per heavy atom. The Labute approximate surface area is 202 Å². The highest BCUT2D eigenvalue weighted by Crippen LogP contribution is 2.40. The number of rotatable bonds is 4. The van der Waals surface area contributed by atoms with Gasteiger partial charge in [-0.3, -0.25) is 19.3 Å². The van der Waals surface area contributed by atoms with Crippen molar-refractivity contribution in [1.29, 1.82) is 0 Å². The van der Waals surface area contributed by atoms with Crippen LogP contribution >= 0.6 is 0 Å². The minimum absolute atomic E-state index is 0.219. The number of amides is 3. The molecule has 2 N–H and O–H groups in total. The molecule has 35 heavy (non-hydrogen) atoms. The number of hydrogen-bond acceptors (Lipinski definition) is 3. The van der Waals surface area contributed by atoms with E-state index in [1.807, 2.05) is 73.7 Å². The Kier molecular flexibility index (Phi) is 5.85. The van der Waals surface area contributed by atoms with E-state index in [2.05, 4.69) is 10.6 Å². The molecule has 0 bridgehead atoms. The fourth-order valence-electron chi connectivity index (χ4n) is 4.32. The van der Waals surface area contributed by atoms with Crippen molar-refractivity contribution < 1.29 is 14.4 Å². The van der Waals surface area contributed by atoms with Gasteiger partial charge < -0.3 is 10.6 Å². The van der Waals surface area contributed by atoms with Gasteiger partial charge in [-0.25, -0.2) is 0 Å². The number of allylic oxidation sites excluding steroid dienone is 1. The van der Waals surface area contributed by atoms with Crippen molar-refractivity contribution in [3.8, 4) is 0 Å².